The molecule has 0 radical (unpaired) electrons. The summed E-state index contributed by atoms with van der Waals surface area (Å²) in [7, 11) is 0. The zero-order chi connectivity index (χ0) is 17.1. The van der Waals surface area contributed by atoms with Crippen molar-refractivity contribution in [2.75, 3.05) is 0 Å². The summed E-state index contributed by atoms with van der Waals surface area (Å²) in [4.78, 5) is 0. The van der Waals surface area contributed by atoms with E-state index in [1.165, 1.54) is 49.7 Å². The highest BCUT2D eigenvalue weighted by atomic mass is 14.2. The van der Waals surface area contributed by atoms with Crippen molar-refractivity contribution >= 4 is 0 Å². The minimum Gasteiger partial charge on any atom is -0.0723 e. The summed E-state index contributed by atoms with van der Waals surface area (Å²) in [5.74, 6) is 0. The summed E-state index contributed by atoms with van der Waals surface area (Å²) in [6.07, 6.45) is 18.5. The van der Waals surface area contributed by atoms with Crippen molar-refractivity contribution in [3.8, 4) is 0 Å². The number of hydrogen-bond donors (Lipinski definition) is 0. The lowest BCUT2D eigenvalue weighted by Gasteiger charge is -2.21. The van der Waals surface area contributed by atoms with Crippen LogP contribution in [-0.4, -0.2) is 0 Å². The van der Waals surface area contributed by atoms with Gasteiger partial charge in [0.2, 0.25) is 0 Å². The molecule has 0 fully saturated rings. The Morgan fingerprint density at radius 1 is 0.826 bits per heavy atom. The summed E-state index contributed by atoms with van der Waals surface area (Å²) in [5, 5.41) is 0. The predicted octanol–water partition coefficient (Wildman–Crippen LogP) is 7.54. The Bertz CT molecular complexity index is 536. The molecule has 0 heteroatoms. The molecule has 0 atom stereocenters. The molecular formula is C23H36. The molecule has 0 saturated heterocycles. The van der Waals surface area contributed by atoms with Gasteiger partial charge in [0.1, 0.15) is 0 Å². The second kappa shape index (κ2) is 7.24. The van der Waals surface area contributed by atoms with E-state index in [-0.39, 0.29) is 0 Å². The third-order valence-corrected chi connectivity index (χ3v) is 4.85. The van der Waals surface area contributed by atoms with Crippen LogP contribution in [-0.2, 0) is 0 Å². The molecule has 2 aliphatic rings. The summed E-state index contributed by atoms with van der Waals surface area (Å²) < 4.78 is 0. The van der Waals surface area contributed by atoms with Crippen molar-refractivity contribution in [2.45, 2.75) is 86.5 Å². The molecule has 2 rings (SSSR count). The first-order valence-electron chi connectivity index (χ1n) is 9.45. The van der Waals surface area contributed by atoms with Gasteiger partial charge in [-0.2, -0.15) is 0 Å². The number of hydrogen-bond acceptors (Lipinski definition) is 0. The van der Waals surface area contributed by atoms with Crippen LogP contribution in [0, 0.1) is 10.8 Å². The van der Waals surface area contributed by atoms with E-state index < -0.39 is 0 Å². The van der Waals surface area contributed by atoms with E-state index in [9.17, 15) is 0 Å². The molecule has 0 aromatic carbocycles. The fraction of sp³-hybridized carbons (Fsp3) is 0.652. The van der Waals surface area contributed by atoms with Gasteiger partial charge in [0, 0.05) is 0 Å². The number of rotatable bonds is 6. The molecule has 0 spiro atoms. The molecule has 0 aromatic rings. The van der Waals surface area contributed by atoms with Gasteiger partial charge >= 0.3 is 0 Å². The SMILES string of the molecule is CC(C)(C)CCCC1=CC2=CC=C(CCCC(C)(C)C)C2=CC1. The van der Waals surface area contributed by atoms with Crippen molar-refractivity contribution in [3.63, 3.8) is 0 Å². The summed E-state index contributed by atoms with van der Waals surface area (Å²) in [6.45, 7) is 14.0. The van der Waals surface area contributed by atoms with Gasteiger partial charge in [0.15, 0.2) is 0 Å². The Morgan fingerprint density at radius 2 is 1.43 bits per heavy atom. The summed E-state index contributed by atoms with van der Waals surface area (Å²) >= 11 is 0. The molecule has 2 aliphatic carbocycles. The molecule has 0 aliphatic heterocycles. The van der Waals surface area contributed by atoms with Gasteiger partial charge < -0.3 is 0 Å². The first-order valence-corrected chi connectivity index (χ1v) is 9.45. The molecular weight excluding hydrogens is 276 g/mol. The second-order valence-corrected chi connectivity index (χ2v) is 9.77. The maximum absolute atomic E-state index is 2.48. The van der Waals surface area contributed by atoms with E-state index in [4.69, 9.17) is 0 Å². The van der Waals surface area contributed by atoms with Crippen LogP contribution < -0.4 is 0 Å². The van der Waals surface area contributed by atoms with Crippen LogP contribution in [0.5, 0.6) is 0 Å². The maximum Gasteiger partial charge on any atom is -0.0126 e. The van der Waals surface area contributed by atoms with Crippen LogP contribution in [0.3, 0.4) is 0 Å². The zero-order valence-electron chi connectivity index (χ0n) is 16.3. The summed E-state index contributed by atoms with van der Waals surface area (Å²) in [6, 6.07) is 0. The van der Waals surface area contributed by atoms with E-state index in [0.29, 0.717) is 10.8 Å². The fourth-order valence-electron chi connectivity index (χ4n) is 3.49. The lowest BCUT2D eigenvalue weighted by atomic mass is 9.85. The monoisotopic (exact) mass is 312 g/mol. The van der Waals surface area contributed by atoms with Crippen LogP contribution in [0.1, 0.15) is 86.5 Å². The molecule has 128 valence electrons. The minimum absolute atomic E-state index is 0.455. The van der Waals surface area contributed by atoms with Crippen molar-refractivity contribution in [3.05, 3.63) is 46.6 Å². The summed E-state index contributed by atoms with van der Waals surface area (Å²) in [5.41, 5.74) is 7.09. The molecule has 0 aromatic heterocycles. The van der Waals surface area contributed by atoms with E-state index in [2.05, 4.69) is 65.8 Å². The van der Waals surface area contributed by atoms with Gasteiger partial charge in [-0.25, -0.2) is 0 Å². The molecule has 23 heavy (non-hydrogen) atoms. The highest BCUT2D eigenvalue weighted by Crippen LogP contribution is 2.37. The van der Waals surface area contributed by atoms with Gasteiger partial charge in [-0.3, -0.25) is 0 Å². The zero-order valence-corrected chi connectivity index (χ0v) is 16.3. The first kappa shape index (κ1) is 18.3. The van der Waals surface area contributed by atoms with Gasteiger partial charge in [-0.1, -0.05) is 71.4 Å². The normalized spacial score (nSPS) is 18.2. The molecule has 0 amide bonds. The molecule has 0 unspecified atom stereocenters. The Hall–Kier alpha value is -1.04. The molecule has 0 bridgehead atoms. The number of fused-ring (bicyclic) bond motifs is 1. The van der Waals surface area contributed by atoms with E-state index in [1.54, 1.807) is 11.1 Å². The highest BCUT2D eigenvalue weighted by molar-refractivity contribution is 5.62. The van der Waals surface area contributed by atoms with Crippen molar-refractivity contribution in [1.29, 1.82) is 0 Å². The van der Waals surface area contributed by atoms with Crippen molar-refractivity contribution in [1.82, 2.24) is 0 Å². The molecule has 0 nitrogen and oxygen atoms in total. The standard InChI is InChI=1S/C23H36/c1-22(2,3)15-7-9-18-11-14-21-19(12-13-20(21)17-18)10-8-16-23(4,5)6/h12-14,17H,7-11,15-16H2,1-6H3. The average molecular weight is 313 g/mol. The Balaban J connectivity index is 1.81. The predicted molar refractivity (Wildman–Crippen MR) is 104 cm³/mol. The van der Waals surface area contributed by atoms with Crippen molar-refractivity contribution < 1.29 is 0 Å². The molecule has 0 saturated carbocycles. The smallest absolute Gasteiger partial charge is 0.0126 e. The molecule has 0 N–H and O–H groups in total. The maximum atomic E-state index is 2.48. The van der Waals surface area contributed by atoms with Gasteiger partial charge in [0.05, 0.1) is 0 Å². The topological polar surface area (TPSA) is 0 Å². The highest BCUT2D eigenvalue weighted by Gasteiger charge is 2.19. The van der Waals surface area contributed by atoms with Crippen LogP contribution in [0.15, 0.2) is 46.6 Å². The number of allylic oxidation sites excluding steroid dienone is 8. The quantitative estimate of drug-likeness (QED) is 0.475. The lowest BCUT2D eigenvalue weighted by molar-refractivity contribution is 0.365. The Kier molecular flexibility index (Phi) is 5.76. The van der Waals surface area contributed by atoms with Crippen LogP contribution in [0.2, 0.25) is 0 Å². The fourth-order valence-corrected chi connectivity index (χ4v) is 3.49. The minimum atomic E-state index is 0.455. The van der Waals surface area contributed by atoms with E-state index >= 15 is 0 Å². The van der Waals surface area contributed by atoms with Crippen molar-refractivity contribution in [2.24, 2.45) is 10.8 Å². The lowest BCUT2D eigenvalue weighted by Crippen LogP contribution is -2.05. The Labute approximate surface area is 144 Å². The largest absolute Gasteiger partial charge is 0.0723 e. The third kappa shape index (κ3) is 6.16. The van der Waals surface area contributed by atoms with Crippen LogP contribution in [0.25, 0.3) is 0 Å². The van der Waals surface area contributed by atoms with E-state index in [0.717, 1.165) is 6.42 Å². The van der Waals surface area contributed by atoms with Gasteiger partial charge in [0.25, 0.3) is 0 Å². The second-order valence-electron chi connectivity index (χ2n) is 9.77. The molecule has 0 heterocycles. The third-order valence-electron chi connectivity index (χ3n) is 4.85. The van der Waals surface area contributed by atoms with Gasteiger partial charge in [-0.15, -0.1) is 0 Å². The van der Waals surface area contributed by atoms with Crippen LogP contribution in [0.4, 0.5) is 0 Å². The van der Waals surface area contributed by atoms with Gasteiger partial charge in [-0.05, 0) is 72.5 Å². The Morgan fingerprint density at radius 3 is 2.04 bits per heavy atom. The van der Waals surface area contributed by atoms with E-state index in [1.807, 2.05) is 0 Å². The first-order chi connectivity index (χ1) is 10.6. The van der Waals surface area contributed by atoms with Crippen LogP contribution >= 0.6 is 0 Å². The average Bonchev–Trinajstić information content (AvgIpc) is 2.78.